The van der Waals surface area contributed by atoms with Gasteiger partial charge < -0.3 is 10.0 Å². The summed E-state index contributed by atoms with van der Waals surface area (Å²) >= 11 is 3.15. The molecule has 0 atom stereocenters. The third kappa shape index (κ3) is 2.04. The zero-order valence-electron chi connectivity index (χ0n) is 8.27. The Kier molecular flexibility index (Phi) is 3.04. The van der Waals surface area contributed by atoms with Gasteiger partial charge in [-0.2, -0.15) is 0 Å². The second-order valence-electron chi connectivity index (χ2n) is 3.22. The van der Waals surface area contributed by atoms with Gasteiger partial charge in [0.1, 0.15) is 0 Å². The van der Waals surface area contributed by atoms with E-state index < -0.39 is 0 Å². The summed E-state index contributed by atoms with van der Waals surface area (Å²) in [4.78, 5) is 13.3. The van der Waals surface area contributed by atoms with Gasteiger partial charge in [-0.15, -0.1) is 22.7 Å². The van der Waals surface area contributed by atoms with Crippen LogP contribution in [0.3, 0.4) is 0 Å². The number of nitrogens with zero attached hydrogens (tertiary/aromatic N) is 1. The van der Waals surface area contributed by atoms with E-state index in [9.17, 15) is 4.79 Å². The molecule has 0 aromatic carbocycles. The molecule has 0 aliphatic heterocycles. The highest BCUT2D eigenvalue weighted by atomic mass is 32.1. The smallest absolute Gasteiger partial charge is 0.160 e. The third-order valence-electron chi connectivity index (χ3n) is 2.14. The minimum absolute atomic E-state index is 0.154. The predicted molar refractivity (Wildman–Crippen MR) is 65.4 cm³/mol. The van der Waals surface area contributed by atoms with Crippen LogP contribution in [0.1, 0.15) is 9.67 Å². The molecule has 5 heteroatoms. The summed E-state index contributed by atoms with van der Waals surface area (Å²) < 4.78 is 2.28. The SMILES string of the molecule is CN(CCO)c1cc2sc(C=O)cc2s1. The van der Waals surface area contributed by atoms with Gasteiger partial charge in [0.2, 0.25) is 0 Å². The van der Waals surface area contributed by atoms with Crippen LogP contribution in [0.5, 0.6) is 0 Å². The molecule has 0 unspecified atom stereocenters. The number of carbonyl (C=O) groups excluding carboxylic acids is 1. The van der Waals surface area contributed by atoms with Crippen LogP contribution in [0, 0.1) is 0 Å². The number of aldehydes is 1. The number of carbonyl (C=O) groups is 1. The Hall–Kier alpha value is -0.910. The number of thiophene rings is 2. The maximum Gasteiger partial charge on any atom is 0.160 e. The fourth-order valence-corrected chi connectivity index (χ4v) is 3.55. The summed E-state index contributed by atoms with van der Waals surface area (Å²) in [6.07, 6.45) is 0.883. The van der Waals surface area contributed by atoms with Gasteiger partial charge >= 0.3 is 0 Å². The molecular formula is C10H11NO2S2. The third-order valence-corrected chi connectivity index (χ3v) is 4.47. The molecular weight excluding hydrogens is 230 g/mol. The van der Waals surface area contributed by atoms with Crippen molar-refractivity contribution in [2.75, 3.05) is 25.1 Å². The van der Waals surface area contributed by atoms with Crippen LogP contribution in [-0.2, 0) is 0 Å². The van der Waals surface area contributed by atoms with Crippen LogP contribution in [0.25, 0.3) is 9.40 Å². The van der Waals surface area contributed by atoms with Gasteiger partial charge in [-0.1, -0.05) is 0 Å². The molecule has 2 heterocycles. The Balaban J connectivity index is 2.31. The lowest BCUT2D eigenvalue weighted by Gasteiger charge is -2.14. The fourth-order valence-electron chi connectivity index (χ4n) is 1.35. The van der Waals surface area contributed by atoms with E-state index in [-0.39, 0.29) is 6.61 Å². The van der Waals surface area contributed by atoms with Gasteiger partial charge in [0, 0.05) is 23.0 Å². The van der Waals surface area contributed by atoms with Crippen molar-refractivity contribution in [1.29, 1.82) is 0 Å². The highest BCUT2D eigenvalue weighted by Gasteiger charge is 2.08. The number of hydrogen-bond donors (Lipinski definition) is 1. The van der Waals surface area contributed by atoms with Crippen molar-refractivity contribution in [2.24, 2.45) is 0 Å². The van der Waals surface area contributed by atoms with E-state index in [1.165, 1.54) is 11.3 Å². The van der Waals surface area contributed by atoms with E-state index in [2.05, 4.69) is 6.07 Å². The topological polar surface area (TPSA) is 40.5 Å². The van der Waals surface area contributed by atoms with Crippen LogP contribution < -0.4 is 4.90 Å². The van der Waals surface area contributed by atoms with E-state index in [1.807, 2.05) is 18.0 Å². The van der Waals surface area contributed by atoms with E-state index in [1.54, 1.807) is 11.3 Å². The lowest BCUT2D eigenvalue weighted by atomic mass is 10.4. The lowest BCUT2D eigenvalue weighted by Crippen LogP contribution is -2.19. The van der Waals surface area contributed by atoms with Crippen LogP contribution in [0.2, 0.25) is 0 Å². The molecule has 0 fully saturated rings. The van der Waals surface area contributed by atoms with E-state index in [4.69, 9.17) is 5.11 Å². The number of fused-ring (bicyclic) bond motifs is 1. The minimum Gasteiger partial charge on any atom is -0.395 e. The minimum atomic E-state index is 0.154. The number of likely N-dealkylation sites (N-methyl/N-ethyl adjacent to an activating group) is 1. The van der Waals surface area contributed by atoms with Gasteiger partial charge in [0.15, 0.2) is 6.29 Å². The van der Waals surface area contributed by atoms with Crippen LogP contribution in [-0.4, -0.2) is 31.6 Å². The Morgan fingerprint density at radius 2 is 2.13 bits per heavy atom. The van der Waals surface area contributed by atoms with Crippen LogP contribution in [0.15, 0.2) is 12.1 Å². The monoisotopic (exact) mass is 241 g/mol. The zero-order valence-corrected chi connectivity index (χ0v) is 9.90. The Morgan fingerprint density at radius 1 is 1.40 bits per heavy atom. The molecule has 0 saturated carbocycles. The number of anilines is 1. The highest BCUT2D eigenvalue weighted by Crippen LogP contribution is 2.36. The molecule has 0 radical (unpaired) electrons. The first kappa shape index (κ1) is 10.6. The van der Waals surface area contributed by atoms with Gasteiger partial charge in [0.25, 0.3) is 0 Å². The lowest BCUT2D eigenvalue weighted by molar-refractivity contribution is 0.112. The molecule has 2 aromatic rings. The van der Waals surface area contributed by atoms with Crippen molar-refractivity contribution in [3.8, 4) is 0 Å². The van der Waals surface area contributed by atoms with Crippen molar-refractivity contribution in [1.82, 2.24) is 0 Å². The largest absolute Gasteiger partial charge is 0.395 e. The summed E-state index contributed by atoms with van der Waals surface area (Å²) in [6.45, 7) is 0.788. The second-order valence-corrected chi connectivity index (χ2v) is 5.40. The second kappa shape index (κ2) is 4.30. The maximum absolute atomic E-state index is 10.6. The molecule has 0 aliphatic rings. The first-order valence-electron chi connectivity index (χ1n) is 4.55. The molecule has 0 saturated heterocycles. The molecule has 0 spiro atoms. The molecule has 2 rings (SSSR count). The molecule has 80 valence electrons. The zero-order chi connectivity index (χ0) is 10.8. The van der Waals surface area contributed by atoms with E-state index in [0.717, 1.165) is 25.6 Å². The predicted octanol–water partition coefficient (Wildman–Crippen LogP) is 2.20. The highest BCUT2D eigenvalue weighted by molar-refractivity contribution is 7.30. The summed E-state index contributed by atoms with van der Waals surface area (Å²) in [5.41, 5.74) is 0. The van der Waals surface area contributed by atoms with Crippen molar-refractivity contribution >= 4 is 43.4 Å². The molecule has 2 aromatic heterocycles. The number of aliphatic hydroxyl groups excluding tert-OH is 1. The molecule has 15 heavy (non-hydrogen) atoms. The number of hydrogen-bond acceptors (Lipinski definition) is 5. The number of rotatable bonds is 4. The number of aliphatic hydroxyl groups is 1. The van der Waals surface area contributed by atoms with Crippen molar-refractivity contribution in [2.45, 2.75) is 0 Å². The van der Waals surface area contributed by atoms with E-state index >= 15 is 0 Å². The molecule has 0 aliphatic carbocycles. The molecule has 1 N–H and O–H groups in total. The van der Waals surface area contributed by atoms with Crippen molar-refractivity contribution < 1.29 is 9.90 Å². The molecule has 0 bridgehead atoms. The molecule has 0 amide bonds. The Morgan fingerprint density at radius 3 is 2.73 bits per heavy atom. The van der Waals surface area contributed by atoms with Gasteiger partial charge in [0.05, 0.1) is 16.5 Å². The van der Waals surface area contributed by atoms with E-state index in [0.29, 0.717) is 6.54 Å². The van der Waals surface area contributed by atoms with Gasteiger partial charge in [-0.3, -0.25) is 4.79 Å². The fraction of sp³-hybridized carbons (Fsp3) is 0.300. The average Bonchev–Trinajstić information content (AvgIpc) is 2.74. The Bertz CT molecular complexity index is 443. The normalized spacial score (nSPS) is 10.8. The first-order chi connectivity index (χ1) is 7.24. The summed E-state index contributed by atoms with van der Waals surface area (Å²) in [5.74, 6) is 0. The first-order valence-corrected chi connectivity index (χ1v) is 6.18. The standard InChI is InChI=1S/C10H11NO2S2/c1-11(2-3-12)10-5-9-8(15-10)4-7(6-13)14-9/h4-6,12H,2-3H2,1H3. The van der Waals surface area contributed by atoms with Crippen LogP contribution >= 0.6 is 22.7 Å². The maximum atomic E-state index is 10.6. The van der Waals surface area contributed by atoms with Crippen molar-refractivity contribution in [3.05, 3.63) is 17.0 Å². The van der Waals surface area contributed by atoms with Crippen molar-refractivity contribution in [3.63, 3.8) is 0 Å². The quantitative estimate of drug-likeness (QED) is 0.834. The van der Waals surface area contributed by atoms with Gasteiger partial charge in [-0.05, 0) is 12.1 Å². The molecule has 3 nitrogen and oxygen atoms in total. The Labute approximate surface area is 95.6 Å². The summed E-state index contributed by atoms with van der Waals surface area (Å²) in [5, 5.41) is 9.95. The summed E-state index contributed by atoms with van der Waals surface area (Å²) in [6, 6.07) is 3.97. The van der Waals surface area contributed by atoms with Crippen LogP contribution in [0.4, 0.5) is 5.00 Å². The van der Waals surface area contributed by atoms with Gasteiger partial charge in [-0.25, -0.2) is 0 Å². The summed E-state index contributed by atoms with van der Waals surface area (Å²) in [7, 11) is 1.95. The average molecular weight is 241 g/mol.